The van der Waals surface area contributed by atoms with Gasteiger partial charge >= 0.3 is 0 Å². The Kier molecular flexibility index (Phi) is 3.46. The lowest BCUT2D eigenvalue weighted by Crippen LogP contribution is -2.19. The monoisotopic (exact) mass is 208 g/mol. The van der Waals surface area contributed by atoms with Gasteiger partial charge in [-0.2, -0.15) is 12.6 Å². The summed E-state index contributed by atoms with van der Waals surface area (Å²) >= 11 is 9.30. The minimum Gasteiger partial charge on any atom is -0.447 e. The van der Waals surface area contributed by atoms with Crippen molar-refractivity contribution in [1.82, 2.24) is 0 Å². The minimum atomic E-state index is -1.06. The molecule has 5 heteroatoms. The van der Waals surface area contributed by atoms with Gasteiger partial charge in [0.15, 0.2) is 5.22 Å². The van der Waals surface area contributed by atoms with E-state index in [-0.39, 0.29) is 16.7 Å². The lowest BCUT2D eigenvalue weighted by molar-refractivity contribution is 0.0200. The number of furan rings is 1. The van der Waals surface area contributed by atoms with Crippen LogP contribution in [0.4, 0.5) is 0 Å². The Bertz CT molecular complexity index is 251. The van der Waals surface area contributed by atoms with E-state index in [1.54, 1.807) is 0 Å². The highest BCUT2D eigenvalue weighted by atomic mass is 35.5. The molecule has 2 N–H and O–H groups in total. The normalized spacial score (nSPS) is 16.0. The van der Waals surface area contributed by atoms with Gasteiger partial charge in [-0.15, -0.1) is 0 Å². The predicted molar refractivity (Wildman–Crippen MR) is 48.5 cm³/mol. The summed E-state index contributed by atoms with van der Waals surface area (Å²) in [4.78, 5) is 0. The predicted octanol–water partition coefficient (Wildman–Crippen LogP) is 1.26. The van der Waals surface area contributed by atoms with E-state index in [1.807, 2.05) is 0 Å². The smallest absolute Gasteiger partial charge is 0.193 e. The molecule has 1 heterocycles. The Hall–Kier alpha value is -0.160. The molecule has 1 aromatic rings. The maximum atomic E-state index is 9.35. The highest BCUT2D eigenvalue weighted by molar-refractivity contribution is 7.80. The zero-order valence-corrected chi connectivity index (χ0v) is 7.79. The van der Waals surface area contributed by atoms with Crippen LogP contribution in [0.25, 0.3) is 0 Å². The van der Waals surface area contributed by atoms with E-state index in [9.17, 15) is 5.11 Å². The quantitative estimate of drug-likeness (QED) is 0.656. The first kappa shape index (κ1) is 9.92. The van der Waals surface area contributed by atoms with E-state index >= 15 is 0 Å². The van der Waals surface area contributed by atoms with Crippen LogP contribution in [0.5, 0.6) is 0 Å². The van der Waals surface area contributed by atoms with E-state index < -0.39 is 12.2 Å². The second-order valence-electron chi connectivity index (χ2n) is 2.34. The van der Waals surface area contributed by atoms with Gasteiger partial charge in [-0.05, 0) is 23.7 Å². The van der Waals surface area contributed by atoms with E-state index in [2.05, 4.69) is 12.6 Å². The van der Waals surface area contributed by atoms with Gasteiger partial charge in [0, 0.05) is 5.75 Å². The third kappa shape index (κ3) is 2.17. The molecule has 68 valence electrons. The molecule has 2 unspecified atom stereocenters. The number of rotatable bonds is 3. The number of aliphatic hydroxyl groups excluding tert-OH is 2. The molecule has 0 fully saturated rings. The molecule has 1 aromatic heterocycles. The molecule has 0 saturated carbocycles. The zero-order valence-electron chi connectivity index (χ0n) is 6.14. The highest BCUT2D eigenvalue weighted by Gasteiger charge is 2.19. The van der Waals surface area contributed by atoms with Crippen LogP contribution in [0, 0.1) is 0 Å². The van der Waals surface area contributed by atoms with Crippen LogP contribution in [0.3, 0.4) is 0 Å². The number of aliphatic hydroxyl groups is 2. The van der Waals surface area contributed by atoms with Crippen molar-refractivity contribution in [3.63, 3.8) is 0 Å². The lowest BCUT2D eigenvalue weighted by atomic mass is 10.2. The largest absolute Gasteiger partial charge is 0.447 e. The first-order chi connectivity index (χ1) is 5.65. The fourth-order valence-electron chi connectivity index (χ4n) is 0.777. The molecular weight excluding hydrogens is 200 g/mol. The number of hydrogen-bond donors (Lipinski definition) is 3. The van der Waals surface area contributed by atoms with Gasteiger partial charge in [-0.3, -0.25) is 0 Å². The molecule has 0 aliphatic heterocycles. The van der Waals surface area contributed by atoms with Crippen molar-refractivity contribution in [2.24, 2.45) is 0 Å². The summed E-state index contributed by atoms with van der Waals surface area (Å²) in [5.74, 6) is 0.418. The van der Waals surface area contributed by atoms with Gasteiger partial charge in [0.25, 0.3) is 0 Å². The van der Waals surface area contributed by atoms with Gasteiger partial charge < -0.3 is 14.6 Å². The molecule has 0 saturated heterocycles. The molecule has 12 heavy (non-hydrogen) atoms. The Balaban J connectivity index is 2.70. The first-order valence-corrected chi connectivity index (χ1v) is 4.38. The van der Waals surface area contributed by atoms with Crippen LogP contribution in [-0.4, -0.2) is 22.1 Å². The molecule has 0 radical (unpaired) electrons. The molecule has 1 rings (SSSR count). The van der Waals surface area contributed by atoms with E-state index in [4.69, 9.17) is 21.1 Å². The van der Waals surface area contributed by atoms with Gasteiger partial charge in [0.1, 0.15) is 11.9 Å². The maximum Gasteiger partial charge on any atom is 0.193 e. The summed E-state index contributed by atoms with van der Waals surface area (Å²) in [7, 11) is 0. The Morgan fingerprint density at radius 1 is 1.50 bits per heavy atom. The average Bonchev–Trinajstić information content (AvgIpc) is 2.49. The molecule has 0 aromatic carbocycles. The minimum absolute atomic E-state index is 0.166. The first-order valence-electron chi connectivity index (χ1n) is 3.37. The van der Waals surface area contributed by atoms with E-state index in [1.165, 1.54) is 12.1 Å². The van der Waals surface area contributed by atoms with Crippen LogP contribution < -0.4 is 0 Å². The fourth-order valence-corrected chi connectivity index (χ4v) is 1.13. The Morgan fingerprint density at radius 3 is 2.58 bits per heavy atom. The molecule has 0 bridgehead atoms. The summed E-state index contributed by atoms with van der Waals surface area (Å²) in [5, 5.41) is 18.7. The zero-order chi connectivity index (χ0) is 9.14. The third-order valence-corrected chi connectivity index (χ3v) is 2.01. The summed E-state index contributed by atoms with van der Waals surface area (Å²) in [5.41, 5.74) is 0. The van der Waals surface area contributed by atoms with Crippen molar-refractivity contribution in [3.05, 3.63) is 23.1 Å². The van der Waals surface area contributed by atoms with Crippen molar-refractivity contribution in [2.45, 2.75) is 12.2 Å². The van der Waals surface area contributed by atoms with Crippen LogP contribution in [-0.2, 0) is 0 Å². The second kappa shape index (κ2) is 4.18. The van der Waals surface area contributed by atoms with Crippen molar-refractivity contribution in [1.29, 1.82) is 0 Å². The summed E-state index contributed by atoms with van der Waals surface area (Å²) in [6, 6.07) is 3.02. The van der Waals surface area contributed by atoms with Crippen LogP contribution in [0.2, 0.25) is 5.22 Å². The summed E-state index contributed by atoms with van der Waals surface area (Å²) in [6.45, 7) is 0. The van der Waals surface area contributed by atoms with Crippen LogP contribution in [0.15, 0.2) is 16.5 Å². The number of halogens is 1. The van der Waals surface area contributed by atoms with Gasteiger partial charge in [0.05, 0.1) is 6.10 Å². The van der Waals surface area contributed by atoms with Crippen molar-refractivity contribution >= 4 is 24.2 Å². The van der Waals surface area contributed by atoms with E-state index in [0.29, 0.717) is 0 Å². The van der Waals surface area contributed by atoms with Gasteiger partial charge in [0.2, 0.25) is 0 Å². The summed E-state index contributed by atoms with van der Waals surface area (Å²) in [6.07, 6.45) is -1.99. The molecule has 0 amide bonds. The SMILES string of the molecule is OC(CS)C(O)c1ccc(Cl)o1. The van der Waals surface area contributed by atoms with Gasteiger partial charge in [-0.1, -0.05) is 0 Å². The van der Waals surface area contributed by atoms with Gasteiger partial charge in [-0.25, -0.2) is 0 Å². The molecule has 0 aliphatic carbocycles. The fraction of sp³-hybridized carbons (Fsp3) is 0.429. The Morgan fingerprint density at radius 2 is 2.17 bits per heavy atom. The van der Waals surface area contributed by atoms with Crippen LogP contribution >= 0.6 is 24.2 Å². The standard InChI is InChI=1S/C7H9ClO3S/c8-6-2-1-5(11-6)7(10)4(9)3-12/h1-2,4,7,9-10,12H,3H2. The highest BCUT2D eigenvalue weighted by Crippen LogP contribution is 2.22. The van der Waals surface area contributed by atoms with Crippen molar-refractivity contribution in [3.8, 4) is 0 Å². The molecule has 2 atom stereocenters. The number of thiol groups is 1. The molecule has 0 aliphatic rings. The Labute approximate surface area is 80.4 Å². The molecular formula is C7H9ClO3S. The van der Waals surface area contributed by atoms with Crippen molar-refractivity contribution < 1.29 is 14.6 Å². The lowest BCUT2D eigenvalue weighted by Gasteiger charge is -2.12. The molecule has 3 nitrogen and oxygen atoms in total. The van der Waals surface area contributed by atoms with Crippen molar-refractivity contribution in [2.75, 3.05) is 5.75 Å². The van der Waals surface area contributed by atoms with E-state index in [0.717, 1.165) is 0 Å². The maximum absolute atomic E-state index is 9.35. The summed E-state index contributed by atoms with van der Waals surface area (Å²) < 4.78 is 4.89. The third-order valence-electron chi connectivity index (χ3n) is 1.44. The number of hydrogen-bond acceptors (Lipinski definition) is 4. The molecule has 0 spiro atoms. The second-order valence-corrected chi connectivity index (χ2v) is 3.07. The topological polar surface area (TPSA) is 53.6 Å². The van der Waals surface area contributed by atoms with Crippen LogP contribution in [0.1, 0.15) is 11.9 Å². The average molecular weight is 209 g/mol.